The molecule has 6 nitrogen and oxygen atoms in total. The molecule has 0 atom stereocenters. The molecule has 0 bridgehead atoms. The van der Waals surface area contributed by atoms with Gasteiger partial charge in [-0.15, -0.1) is 0 Å². The topological polar surface area (TPSA) is 76.1 Å². The van der Waals surface area contributed by atoms with Crippen LogP contribution in [0.5, 0.6) is 5.75 Å². The first kappa shape index (κ1) is 19.8. The van der Waals surface area contributed by atoms with Crippen LogP contribution in [0, 0.1) is 5.82 Å². The van der Waals surface area contributed by atoms with Gasteiger partial charge >= 0.3 is 5.97 Å². The van der Waals surface area contributed by atoms with E-state index in [1.54, 1.807) is 11.0 Å². The molecule has 1 fully saturated rings. The lowest BCUT2D eigenvalue weighted by Crippen LogP contribution is -2.42. The van der Waals surface area contributed by atoms with Crippen LogP contribution in [0.25, 0.3) is 21.9 Å². The third-order valence-corrected chi connectivity index (χ3v) is 5.02. The first-order valence-corrected chi connectivity index (χ1v) is 9.56. The molecule has 4 rings (SSSR count). The number of ether oxygens (including phenoxy) is 2. The van der Waals surface area contributed by atoms with Crippen LogP contribution in [0.2, 0.25) is 0 Å². The van der Waals surface area contributed by atoms with Gasteiger partial charge in [-0.25, -0.2) is 9.18 Å². The smallest absolute Gasteiger partial charge is 0.335 e. The molecule has 0 spiro atoms. The summed E-state index contributed by atoms with van der Waals surface area (Å²) in [4.78, 5) is 25.4. The minimum absolute atomic E-state index is 0.124. The number of carbonyl (C=O) groups excluding carboxylic acids is 1. The van der Waals surface area contributed by atoms with Gasteiger partial charge in [0.05, 0.1) is 18.8 Å². The second-order valence-electron chi connectivity index (χ2n) is 7.01. The van der Waals surface area contributed by atoms with Crippen molar-refractivity contribution in [1.82, 2.24) is 4.90 Å². The van der Waals surface area contributed by atoms with Crippen molar-refractivity contribution in [2.45, 2.75) is 0 Å². The Morgan fingerprint density at radius 3 is 2.60 bits per heavy atom. The van der Waals surface area contributed by atoms with Gasteiger partial charge in [0.25, 0.3) is 5.91 Å². The number of nitrogens with zero attached hydrogens (tertiary/aromatic N) is 1. The fourth-order valence-corrected chi connectivity index (χ4v) is 3.52. The highest BCUT2D eigenvalue weighted by atomic mass is 19.1. The third-order valence-electron chi connectivity index (χ3n) is 5.02. The molecular weight excluding hydrogens is 389 g/mol. The molecule has 30 heavy (non-hydrogen) atoms. The van der Waals surface area contributed by atoms with Crippen molar-refractivity contribution in [3.63, 3.8) is 0 Å². The van der Waals surface area contributed by atoms with Crippen LogP contribution >= 0.6 is 0 Å². The van der Waals surface area contributed by atoms with Crippen LogP contribution in [0.3, 0.4) is 0 Å². The van der Waals surface area contributed by atoms with Crippen molar-refractivity contribution in [3.05, 3.63) is 66.0 Å². The molecule has 1 N–H and O–H groups in total. The number of carboxylic acid groups (broad SMARTS) is 1. The molecule has 1 saturated heterocycles. The average molecular weight is 409 g/mol. The van der Waals surface area contributed by atoms with Gasteiger partial charge in [-0.05, 0) is 52.2 Å². The lowest BCUT2D eigenvalue weighted by Gasteiger charge is -2.26. The Morgan fingerprint density at radius 1 is 1.07 bits per heavy atom. The number of carboxylic acids is 1. The number of fused-ring (bicyclic) bond motifs is 1. The summed E-state index contributed by atoms with van der Waals surface area (Å²) >= 11 is 0. The summed E-state index contributed by atoms with van der Waals surface area (Å²) in [6.45, 7) is 1.97. The predicted octanol–water partition coefficient (Wildman–Crippen LogP) is 3.58. The van der Waals surface area contributed by atoms with Gasteiger partial charge in [-0.3, -0.25) is 4.79 Å². The monoisotopic (exact) mass is 409 g/mol. The molecule has 154 valence electrons. The zero-order chi connectivity index (χ0) is 21.1. The molecule has 3 aromatic rings. The molecule has 0 unspecified atom stereocenters. The molecule has 7 heteroatoms. The van der Waals surface area contributed by atoms with Gasteiger partial charge in [0.2, 0.25) is 0 Å². The van der Waals surface area contributed by atoms with Gasteiger partial charge in [0.1, 0.15) is 11.6 Å². The van der Waals surface area contributed by atoms with Gasteiger partial charge in [-0.2, -0.15) is 0 Å². The Labute approximate surface area is 172 Å². The number of morpholine rings is 1. The maximum Gasteiger partial charge on any atom is 0.335 e. The van der Waals surface area contributed by atoms with E-state index in [2.05, 4.69) is 0 Å². The van der Waals surface area contributed by atoms with Gasteiger partial charge < -0.3 is 19.5 Å². The molecule has 1 aliphatic heterocycles. The quantitative estimate of drug-likeness (QED) is 0.697. The largest absolute Gasteiger partial charge is 0.484 e. The molecule has 3 aromatic carbocycles. The van der Waals surface area contributed by atoms with Crippen molar-refractivity contribution in [2.24, 2.45) is 0 Å². The summed E-state index contributed by atoms with van der Waals surface area (Å²) in [7, 11) is 0. The summed E-state index contributed by atoms with van der Waals surface area (Å²) in [6, 6.07) is 14.7. The first-order valence-electron chi connectivity index (χ1n) is 9.56. The molecule has 0 saturated carbocycles. The van der Waals surface area contributed by atoms with E-state index in [0.29, 0.717) is 43.2 Å². The van der Waals surface area contributed by atoms with Crippen molar-refractivity contribution >= 4 is 22.6 Å². The number of hydrogen-bond donors (Lipinski definition) is 1. The van der Waals surface area contributed by atoms with E-state index >= 15 is 0 Å². The van der Waals surface area contributed by atoms with Gasteiger partial charge in [-0.1, -0.05) is 24.3 Å². The number of benzene rings is 3. The van der Waals surface area contributed by atoms with E-state index in [-0.39, 0.29) is 18.1 Å². The SMILES string of the molecule is O=C(O)c1cc(F)cc(-c2cc(OCC(=O)N3CCOCC3)cc3ccccc23)c1. The van der Waals surface area contributed by atoms with Crippen LogP contribution in [0.15, 0.2) is 54.6 Å². The molecule has 1 heterocycles. The third kappa shape index (κ3) is 4.26. The molecule has 1 amide bonds. The number of halogens is 1. The van der Waals surface area contributed by atoms with E-state index in [1.807, 2.05) is 30.3 Å². The summed E-state index contributed by atoms with van der Waals surface area (Å²) in [5.41, 5.74) is 0.917. The van der Waals surface area contributed by atoms with Gasteiger partial charge in [0, 0.05) is 13.1 Å². The molecular formula is C23H20FNO5. The maximum atomic E-state index is 14.1. The van der Waals surface area contributed by atoms with Crippen LogP contribution in [-0.4, -0.2) is 54.8 Å². The highest BCUT2D eigenvalue weighted by Gasteiger charge is 2.18. The fourth-order valence-electron chi connectivity index (χ4n) is 3.52. The highest BCUT2D eigenvalue weighted by molar-refractivity contribution is 5.99. The standard InChI is InChI=1S/C23H20FNO5/c24-18-10-16(9-17(11-18)23(27)28)21-13-19(12-15-3-1-2-4-20(15)21)30-14-22(26)25-5-7-29-8-6-25/h1-4,9-13H,5-8,14H2,(H,27,28). The van der Waals surface area contributed by atoms with Crippen LogP contribution in [-0.2, 0) is 9.53 Å². The van der Waals surface area contributed by atoms with E-state index in [1.165, 1.54) is 12.1 Å². The summed E-state index contributed by atoms with van der Waals surface area (Å²) in [5.74, 6) is -1.52. The van der Waals surface area contributed by atoms with Crippen molar-refractivity contribution in [1.29, 1.82) is 0 Å². The minimum atomic E-state index is -1.21. The zero-order valence-electron chi connectivity index (χ0n) is 16.1. The second-order valence-corrected chi connectivity index (χ2v) is 7.01. The Bertz CT molecular complexity index is 1110. The summed E-state index contributed by atoms with van der Waals surface area (Å²) in [6.07, 6.45) is 0. The normalized spacial score (nSPS) is 14.0. The molecule has 0 aliphatic carbocycles. The Morgan fingerprint density at radius 2 is 1.83 bits per heavy atom. The number of rotatable bonds is 5. The lowest BCUT2D eigenvalue weighted by atomic mass is 9.96. The van der Waals surface area contributed by atoms with Crippen LogP contribution in [0.1, 0.15) is 10.4 Å². The van der Waals surface area contributed by atoms with E-state index in [4.69, 9.17) is 9.47 Å². The second kappa shape index (κ2) is 8.51. The van der Waals surface area contributed by atoms with Crippen LogP contribution < -0.4 is 4.74 Å². The Hall–Kier alpha value is -3.45. The maximum absolute atomic E-state index is 14.1. The van der Waals surface area contributed by atoms with Crippen molar-refractivity contribution < 1.29 is 28.6 Å². The molecule has 0 radical (unpaired) electrons. The van der Waals surface area contributed by atoms with E-state index < -0.39 is 11.8 Å². The lowest BCUT2D eigenvalue weighted by molar-refractivity contribution is -0.137. The molecule has 1 aliphatic rings. The fraction of sp³-hybridized carbons (Fsp3) is 0.217. The first-order chi connectivity index (χ1) is 14.5. The number of aromatic carboxylic acids is 1. The number of amides is 1. The van der Waals surface area contributed by atoms with Crippen molar-refractivity contribution in [2.75, 3.05) is 32.9 Å². The van der Waals surface area contributed by atoms with Crippen LogP contribution in [0.4, 0.5) is 4.39 Å². The highest BCUT2D eigenvalue weighted by Crippen LogP contribution is 2.34. The number of carbonyl (C=O) groups is 2. The van der Waals surface area contributed by atoms with Gasteiger partial charge in [0.15, 0.2) is 6.61 Å². The Balaban J connectivity index is 1.68. The Kier molecular flexibility index (Phi) is 5.63. The number of hydrogen-bond acceptors (Lipinski definition) is 4. The minimum Gasteiger partial charge on any atom is -0.484 e. The average Bonchev–Trinajstić information content (AvgIpc) is 2.77. The van der Waals surface area contributed by atoms with E-state index in [0.717, 1.165) is 16.8 Å². The predicted molar refractivity (Wildman–Crippen MR) is 109 cm³/mol. The van der Waals surface area contributed by atoms with Crippen molar-refractivity contribution in [3.8, 4) is 16.9 Å². The zero-order valence-corrected chi connectivity index (χ0v) is 16.1. The summed E-state index contributed by atoms with van der Waals surface area (Å²) in [5, 5.41) is 10.9. The summed E-state index contributed by atoms with van der Waals surface area (Å²) < 4.78 is 25.1. The van der Waals surface area contributed by atoms with E-state index in [9.17, 15) is 19.1 Å². The molecule has 0 aromatic heterocycles.